The van der Waals surface area contributed by atoms with Crippen molar-refractivity contribution in [1.29, 1.82) is 0 Å². The molecule has 1 atom stereocenters. The summed E-state index contributed by atoms with van der Waals surface area (Å²) in [7, 11) is 0. The Morgan fingerprint density at radius 2 is 1.82 bits per heavy atom. The van der Waals surface area contributed by atoms with Crippen molar-refractivity contribution < 1.29 is 14.7 Å². The van der Waals surface area contributed by atoms with Gasteiger partial charge in [0, 0.05) is 17.4 Å². The van der Waals surface area contributed by atoms with Crippen molar-refractivity contribution in [2.45, 2.75) is 39.7 Å². The van der Waals surface area contributed by atoms with Gasteiger partial charge in [-0.15, -0.1) is 22.7 Å². The summed E-state index contributed by atoms with van der Waals surface area (Å²) in [6.45, 7) is 5.82. The van der Waals surface area contributed by atoms with Gasteiger partial charge in [0.1, 0.15) is 16.5 Å². The average molecular weight is 492 g/mol. The van der Waals surface area contributed by atoms with Gasteiger partial charge < -0.3 is 10.4 Å². The van der Waals surface area contributed by atoms with Gasteiger partial charge in [-0.05, 0) is 50.1 Å². The number of carbonyl (C=O) groups excluding carboxylic acids is 2. The van der Waals surface area contributed by atoms with Gasteiger partial charge in [-0.1, -0.05) is 30.3 Å². The maximum Gasteiger partial charge on any atom is 0.251 e. The van der Waals surface area contributed by atoms with Crippen LogP contribution in [0.1, 0.15) is 50.2 Å². The van der Waals surface area contributed by atoms with Crippen LogP contribution < -0.4 is 5.32 Å². The zero-order valence-corrected chi connectivity index (χ0v) is 20.8. The van der Waals surface area contributed by atoms with Crippen molar-refractivity contribution >= 4 is 34.4 Å². The smallest absolute Gasteiger partial charge is 0.251 e. The fourth-order valence-corrected chi connectivity index (χ4v) is 5.51. The second kappa shape index (κ2) is 10.3. The number of phenolic OH excluding ortho intramolecular Hbond substituents is 1. The molecule has 1 amide bonds. The number of hydrogen-bond acceptors (Lipinski definition) is 7. The first-order chi connectivity index (χ1) is 16.3. The van der Waals surface area contributed by atoms with E-state index in [-0.39, 0.29) is 36.3 Å². The van der Waals surface area contributed by atoms with Gasteiger partial charge in [0.25, 0.3) is 5.91 Å². The molecule has 4 aromatic rings. The Kier molecular flexibility index (Phi) is 7.19. The zero-order valence-electron chi connectivity index (χ0n) is 19.2. The number of nitrogens with one attached hydrogen (secondary N) is 1. The van der Waals surface area contributed by atoms with Crippen LogP contribution in [0.25, 0.3) is 10.6 Å². The van der Waals surface area contributed by atoms with Crippen LogP contribution in [0.15, 0.2) is 53.9 Å². The average Bonchev–Trinajstić information content (AvgIpc) is 3.38. The van der Waals surface area contributed by atoms with E-state index >= 15 is 0 Å². The predicted molar refractivity (Wildman–Crippen MR) is 136 cm³/mol. The molecule has 0 aliphatic rings. The van der Waals surface area contributed by atoms with Gasteiger partial charge in [-0.3, -0.25) is 9.59 Å². The van der Waals surface area contributed by atoms with Crippen LogP contribution in [0, 0.1) is 13.8 Å². The minimum absolute atomic E-state index is 0.0345. The fraction of sp³-hybridized carbons (Fsp3) is 0.231. The van der Waals surface area contributed by atoms with Crippen molar-refractivity contribution in [2.75, 3.05) is 0 Å². The molecule has 0 aliphatic heterocycles. The minimum Gasteiger partial charge on any atom is -0.508 e. The number of carbonyl (C=O) groups is 2. The molecule has 4 rings (SSSR count). The van der Waals surface area contributed by atoms with Crippen LogP contribution >= 0.6 is 22.7 Å². The van der Waals surface area contributed by atoms with E-state index in [2.05, 4.69) is 15.3 Å². The molecule has 2 aromatic heterocycles. The van der Waals surface area contributed by atoms with E-state index in [1.54, 1.807) is 17.4 Å². The topological polar surface area (TPSA) is 92.2 Å². The van der Waals surface area contributed by atoms with Gasteiger partial charge in [-0.25, -0.2) is 9.97 Å². The number of hydrogen-bond donors (Lipinski definition) is 2. The molecular formula is C26H25N3O3S2. The molecule has 0 fully saturated rings. The Morgan fingerprint density at radius 3 is 2.53 bits per heavy atom. The largest absolute Gasteiger partial charge is 0.508 e. The second-order valence-electron chi connectivity index (χ2n) is 8.16. The van der Waals surface area contributed by atoms with Crippen molar-refractivity contribution in [1.82, 2.24) is 15.3 Å². The number of rotatable bonds is 8. The van der Waals surface area contributed by atoms with E-state index < -0.39 is 0 Å². The van der Waals surface area contributed by atoms with Crippen LogP contribution in [0.3, 0.4) is 0 Å². The minimum atomic E-state index is -0.305. The third-order valence-corrected chi connectivity index (χ3v) is 7.27. The highest BCUT2D eigenvalue weighted by molar-refractivity contribution is 7.16. The maximum atomic E-state index is 12.8. The summed E-state index contributed by atoms with van der Waals surface area (Å²) in [6.07, 6.45) is 0.306. The summed E-state index contributed by atoms with van der Waals surface area (Å²) in [5.41, 5.74) is 3.68. The van der Waals surface area contributed by atoms with Gasteiger partial charge >= 0.3 is 0 Å². The molecule has 0 radical (unpaired) electrons. The summed E-state index contributed by atoms with van der Waals surface area (Å²) in [5, 5.41) is 16.8. The van der Waals surface area contributed by atoms with E-state index in [1.807, 2.05) is 56.5 Å². The summed E-state index contributed by atoms with van der Waals surface area (Å²) < 4.78 is 0. The lowest BCUT2D eigenvalue weighted by Crippen LogP contribution is -2.26. The quantitative estimate of drug-likeness (QED) is 0.343. The summed E-state index contributed by atoms with van der Waals surface area (Å²) >= 11 is 3.04. The molecule has 2 N–H and O–H groups in total. The van der Waals surface area contributed by atoms with Crippen LogP contribution in [0.4, 0.5) is 0 Å². The molecule has 8 heteroatoms. The number of aromatic nitrogens is 2. The van der Waals surface area contributed by atoms with Crippen molar-refractivity contribution in [2.24, 2.45) is 0 Å². The lowest BCUT2D eigenvalue weighted by Gasteiger charge is -2.15. The number of amides is 1. The van der Waals surface area contributed by atoms with E-state index in [0.717, 1.165) is 31.8 Å². The molecule has 0 spiro atoms. The molecular weight excluding hydrogens is 466 g/mol. The van der Waals surface area contributed by atoms with Crippen molar-refractivity contribution in [3.05, 3.63) is 86.3 Å². The number of ketones is 1. The fourth-order valence-electron chi connectivity index (χ4n) is 3.74. The van der Waals surface area contributed by atoms with Gasteiger partial charge in [-0.2, -0.15) is 0 Å². The summed E-state index contributed by atoms with van der Waals surface area (Å²) in [6, 6.07) is 14.0. The Morgan fingerprint density at radius 1 is 1.06 bits per heavy atom. The van der Waals surface area contributed by atoms with Crippen molar-refractivity contribution in [3.8, 4) is 16.3 Å². The molecule has 0 saturated carbocycles. The number of aryl methyl sites for hydroxylation is 2. The van der Waals surface area contributed by atoms with E-state index in [9.17, 15) is 14.7 Å². The standard InChI is InChI=1S/C26H25N3O3S2/c1-15(19-7-5-4-6-8-19)28-26(32)20-9-18(10-21(30)12-20)11-22(31)13-24-29-23(14-33-24)25-16(2)27-17(3)34-25/h4-10,12,14-15,30H,11,13H2,1-3H3,(H,28,32)/t15-/m0/s1. The molecule has 2 heterocycles. The number of aromatic hydroxyl groups is 1. The zero-order chi connectivity index (χ0) is 24.2. The summed E-state index contributed by atoms with van der Waals surface area (Å²) in [5.74, 6) is -0.385. The Bertz CT molecular complexity index is 1330. The second-order valence-corrected chi connectivity index (χ2v) is 10.3. The normalized spacial score (nSPS) is 11.9. The Labute approximate surface area is 206 Å². The number of thiazole rings is 2. The highest BCUT2D eigenvalue weighted by atomic mass is 32.1. The molecule has 0 saturated heterocycles. The van der Waals surface area contributed by atoms with Crippen LogP contribution in [-0.4, -0.2) is 26.8 Å². The third-order valence-electron chi connectivity index (χ3n) is 5.32. The number of Topliss-reactive ketones (excluding diaryl/α,β-unsaturated/α-hetero) is 1. The molecule has 174 valence electrons. The lowest BCUT2D eigenvalue weighted by molar-refractivity contribution is -0.117. The van der Waals surface area contributed by atoms with Crippen LogP contribution in [0.2, 0.25) is 0 Å². The maximum absolute atomic E-state index is 12.8. The van der Waals surface area contributed by atoms with Crippen LogP contribution in [-0.2, 0) is 17.6 Å². The first-order valence-corrected chi connectivity index (χ1v) is 12.6. The molecule has 0 aliphatic carbocycles. The predicted octanol–water partition coefficient (Wildman–Crippen LogP) is 5.43. The molecule has 34 heavy (non-hydrogen) atoms. The third kappa shape index (κ3) is 5.76. The highest BCUT2D eigenvalue weighted by Gasteiger charge is 2.16. The first-order valence-electron chi connectivity index (χ1n) is 10.9. The highest BCUT2D eigenvalue weighted by Crippen LogP contribution is 2.30. The van der Waals surface area contributed by atoms with E-state index in [1.165, 1.54) is 23.5 Å². The molecule has 0 bridgehead atoms. The van der Waals surface area contributed by atoms with Crippen LogP contribution in [0.5, 0.6) is 5.75 Å². The monoisotopic (exact) mass is 491 g/mol. The SMILES string of the molecule is Cc1nc(C)c(-c2csc(CC(=O)Cc3cc(O)cc(C(=O)N[C@@H](C)c4ccccc4)c3)n2)s1. The summed E-state index contributed by atoms with van der Waals surface area (Å²) in [4.78, 5) is 35.6. The van der Waals surface area contributed by atoms with E-state index in [4.69, 9.17) is 0 Å². The van der Waals surface area contributed by atoms with Gasteiger partial charge in [0.2, 0.25) is 0 Å². The number of phenols is 1. The van der Waals surface area contributed by atoms with E-state index in [0.29, 0.717) is 11.1 Å². The van der Waals surface area contributed by atoms with Gasteiger partial charge in [0.05, 0.1) is 33.7 Å². The Balaban J connectivity index is 1.41. The molecule has 0 unspecified atom stereocenters. The first kappa shape index (κ1) is 23.8. The lowest BCUT2D eigenvalue weighted by atomic mass is 10.0. The number of nitrogens with zero attached hydrogens (tertiary/aromatic N) is 2. The molecule has 6 nitrogen and oxygen atoms in total. The van der Waals surface area contributed by atoms with Gasteiger partial charge in [0.15, 0.2) is 0 Å². The molecule has 2 aromatic carbocycles. The van der Waals surface area contributed by atoms with Crippen molar-refractivity contribution in [3.63, 3.8) is 0 Å². The Hall–Kier alpha value is -3.36. The number of benzene rings is 2.